The van der Waals surface area contributed by atoms with Gasteiger partial charge in [0, 0.05) is 43.3 Å². The molecular formula is C16H14Cl2N4O2S. The van der Waals surface area contributed by atoms with Crippen LogP contribution in [0.4, 0.5) is 0 Å². The molecule has 3 rings (SSSR count). The van der Waals surface area contributed by atoms with Gasteiger partial charge in [-0.2, -0.15) is 5.10 Å². The van der Waals surface area contributed by atoms with E-state index in [-0.39, 0.29) is 21.5 Å². The van der Waals surface area contributed by atoms with Crippen molar-refractivity contribution in [2.24, 2.45) is 7.05 Å². The van der Waals surface area contributed by atoms with E-state index in [4.69, 9.17) is 23.2 Å². The average Bonchev–Trinajstić information content (AvgIpc) is 3.00. The van der Waals surface area contributed by atoms with Crippen molar-refractivity contribution in [1.82, 2.24) is 19.5 Å². The summed E-state index contributed by atoms with van der Waals surface area (Å²) in [5.41, 5.74) is 2.45. The van der Waals surface area contributed by atoms with E-state index in [0.29, 0.717) is 5.56 Å². The van der Waals surface area contributed by atoms with Crippen molar-refractivity contribution >= 4 is 33.2 Å². The molecule has 3 aromatic rings. The van der Waals surface area contributed by atoms with E-state index in [9.17, 15) is 8.42 Å². The molecule has 6 nitrogen and oxygen atoms in total. The zero-order chi connectivity index (χ0) is 18.0. The van der Waals surface area contributed by atoms with Crippen LogP contribution in [0.2, 0.25) is 10.0 Å². The summed E-state index contributed by atoms with van der Waals surface area (Å²) < 4.78 is 29.2. The molecule has 0 saturated heterocycles. The average molecular weight is 397 g/mol. The molecule has 25 heavy (non-hydrogen) atoms. The van der Waals surface area contributed by atoms with E-state index < -0.39 is 10.0 Å². The molecular weight excluding hydrogens is 383 g/mol. The first kappa shape index (κ1) is 17.9. The standard InChI is InChI=1S/C16H14Cl2N4O2S/c1-22-10-13(9-20-22)12-5-11(6-19-8-12)7-21-25(23,24)16-14(17)3-2-4-15(16)18/h2-6,8-10,21H,7H2,1H3. The number of pyridine rings is 1. The smallest absolute Gasteiger partial charge is 0.243 e. The lowest BCUT2D eigenvalue weighted by Crippen LogP contribution is -2.24. The number of halogens is 2. The molecule has 0 spiro atoms. The Hall–Kier alpha value is -1.93. The van der Waals surface area contributed by atoms with Crippen LogP contribution in [-0.2, 0) is 23.6 Å². The zero-order valence-corrected chi connectivity index (χ0v) is 15.5. The number of hydrogen-bond acceptors (Lipinski definition) is 4. The Kier molecular flexibility index (Phi) is 5.10. The first-order valence-electron chi connectivity index (χ1n) is 7.23. The highest BCUT2D eigenvalue weighted by atomic mass is 35.5. The summed E-state index contributed by atoms with van der Waals surface area (Å²) in [7, 11) is -2.03. The van der Waals surface area contributed by atoms with Gasteiger partial charge in [0.15, 0.2) is 0 Å². The molecule has 0 aliphatic carbocycles. The van der Waals surface area contributed by atoms with Crippen molar-refractivity contribution in [2.45, 2.75) is 11.4 Å². The van der Waals surface area contributed by atoms with Gasteiger partial charge in [0.25, 0.3) is 0 Å². The molecule has 0 amide bonds. The van der Waals surface area contributed by atoms with E-state index >= 15 is 0 Å². The minimum Gasteiger partial charge on any atom is -0.275 e. The summed E-state index contributed by atoms with van der Waals surface area (Å²) in [4.78, 5) is 4.02. The molecule has 0 fully saturated rings. The zero-order valence-electron chi connectivity index (χ0n) is 13.1. The Morgan fingerprint density at radius 2 is 1.84 bits per heavy atom. The molecule has 1 N–H and O–H groups in total. The van der Waals surface area contributed by atoms with Gasteiger partial charge in [0.2, 0.25) is 10.0 Å². The van der Waals surface area contributed by atoms with Crippen LogP contribution in [0.5, 0.6) is 0 Å². The predicted octanol–water partition coefficient (Wildman–Crippen LogP) is 3.27. The maximum Gasteiger partial charge on any atom is 0.243 e. The number of nitrogens with one attached hydrogen (secondary N) is 1. The first-order valence-corrected chi connectivity index (χ1v) is 9.47. The number of aryl methyl sites for hydroxylation is 1. The molecule has 1 aromatic carbocycles. The van der Waals surface area contributed by atoms with E-state index in [1.54, 1.807) is 29.3 Å². The maximum atomic E-state index is 12.5. The highest BCUT2D eigenvalue weighted by molar-refractivity contribution is 7.89. The first-order chi connectivity index (χ1) is 11.9. The van der Waals surface area contributed by atoms with E-state index in [0.717, 1.165) is 11.1 Å². The minimum atomic E-state index is -3.85. The molecule has 0 bridgehead atoms. The van der Waals surface area contributed by atoms with Gasteiger partial charge in [-0.3, -0.25) is 9.67 Å². The second kappa shape index (κ2) is 7.13. The third-order valence-electron chi connectivity index (χ3n) is 3.49. The lowest BCUT2D eigenvalue weighted by Gasteiger charge is -2.10. The monoisotopic (exact) mass is 396 g/mol. The van der Waals surface area contributed by atoms with Crippen LogP contribution in [-0.4, -0.2) is 23.2 Å². The van der Waals surface area contributed by atoms with Gasteiger partial charge in [0.05, 0.1) is 16.2 Å². The lowest BCUT2D eigenvalue weighted by molar-refractivity contribution is 0.581. The molecule has 0 aliphatic rings. The Balaban J connectivity index is 1.82. The largest absolute Gasteiger partial charge is 0.275 e. The molecule has 0 unspecified atom stereocenters. The van der Waals surface area contributed by atoms with E-state index in [1.165, 1.54) is 12.1 Å². The number of benzene rings is 1. The van der Waals surface area contributed by atoms with Crippen LogP contribution in [0.15, 0.2) is 53.9 Å². The van der Waals surface area contributed by atoms with E-state index in [1.807, 2.05) is 19.3 Å². The maximum absolute atomic E-state index is 12.5. The van der Waals surface area contributed by atoms with Crippen molar-refractivity contribution in [3.8, 4) is 11.1 Å². The van der Waals surface area contributed by atoms with Crippen LogP contribution in [0, 0.1) is 0 Å². The molecule has 0 saturated carbocycles. The highest BCUT2D eigenvalue weighted by Crippen LogP contribution is 2.29. The summed E-state index contributed by atoms with van der Waals surface area (Å²) in [6.45, 7) is 0.0605. The van der Waals surface area contributed by atoms with Crippen molar-refractivity contribution in [3.63, 3.8) is 0 Å². The quantitative estimate of drug-likeness (QED) is 0.717. The van der Waals surface area contributed by atoms with Crippen molar-refractivity contribution in [1.29, 1.82) is 0 Å². The highest BCUT2D eigenvalue weighted by Gasteiger charge is 2.21. The molecule has 0 radical (unpaired) electrons. The van der Waals surface area contributed by atoms with E-state index in [2.05, 4.69) is 14.8 Å². The van der Waals surface area contributed by atoms with Crippen molar-refractivity contribution in [2.75, 3.05) is 0 Å². The SMILES string of the molecule is Cn1cc(-c2cncc(CNS(=O)(=O)c3c(Cl)cccc3Cl)c2)cn1. The number of sulfonamides is 1. The lowest BCUT2D eigenvalue weighted by atomic mass is 10.1. The molecule has 9 heteroatoms. The van der Waals surface area contributed by atoms with Crippen LogP contribution >= 0.6 is 23.2 Å². The Morgan fingerprint density at radius 3 is 2.48 bits per heavy atom. The van der Waals surface area contributed by atoms with Gasteiger partial charge in [-0.1, -0.05) is 29.3 Å². The fraction of sp³-hybridized carbons (Fsp3) is 0.125. The van der Waals surface area contributed by atoms with Gasteiger partial charge in [-0.25, -0.2) is 13.1 Å². The van der Waals surface area contributed by atoms with Gasteiger partial charge < -0.3 is 0 Å². The van der Waals surface area contributed by atoms with Gasteiger partial charge in [0.1, 0.15) is 4.90 Å². The summed E-state index contributed by atoms with van der Waals surface area (Å²) in [5.74, 6) is 0. The Bertz CT molecular complexity index is 998. The van der Waals surface area contributed by atoms with Crippen LogP contribution in [0.25, 0.3) is 11.1 Å². The van der Waals surface area contributed by atoms with Gasteiger partial charge >= 0.3 is 0 Å². The van der Waals surface area contributed by atoms with Crippen molar-refractivity contribution < 1.29 is 8.42 Å². The second-order valence-corrected chi connectivity index (χ2v) is 7.88. The van der Waals surface area contributed by atoms with Crippen LogP contribution in [0.3, 0.4) is 0 Å². The molecule has 2 aromatic heterocycles. The number of aromatic nitrogens is 3. The number of rotatable bonds is 5. The molecule has 0 aliphatic heterocycles. The fourth-order valence-electron chi connectivity index (χ4n) is 2.30. The fourth-order valence-corrected chi connectivity index (χ4v) is 4.46. The number of hydrogen-bond donors (Lipinski definition) is 1. The van der Waals surface area contributed by atoms with Crippen molar-refractivity contribution in [3.05, 3.63) is 64.7 Å². The van der Waals surface area contributed by atoms with Gasteiger partial charge in [-0.15, -0.1) is 0 Å². The predicted molar refractivity (Wildman–Crippen MR) is 96.9 cm³/mol. The second-order valence-electron chi connectivity index (χ2n) is 5.36. The summed E-state index contributed by atoms with van der Waals surface area (Å²) >= 11 is 12.0. The molecule has 0 atom stereocenters. The summed E-state index contributed by atoms with van der Waals surface area (Å²) in [6, 6.07) is 6.39. The molecule has 130 valence electrons. The summed E-state index contributed by atoms with van der Waals surface area (Å²) in [5, 5.41) is 4.26. The third kappa shape index (κ3) is 4.01. The van der Waals surface area contributed by atoms with Crippen LogP contribution < -0.4 is 4.72 Å². The topological polar surface area (TPSA) is 76.9 Å². The normalized spacial score (nSPS) is 11.6. The Morgan fingerprint density at radius 1 is 1.12 bits per heavy atom. The van der Waals surface area contributed by atoms with Gasteiger partial charge in [-0.05, 0) is 23.8 Å². The minimum absolute atomic E-state index is 0.0605. The Labute approximate surface area is 155 Å². The summed E-state index contributed by atoms with van der Waals surface area (Å²) in [6.07, 6.45) is 6.86. The van der Waals surface area contributed by atoms with Crippen LogP contribution in [0.1, 0.15) is 5.56 Å². The molecule has 2 heterocycles. The number of nitrogens with zero attached hydrogens (tertiary/aromatic N) is 3. The third-order valence-corrected chi connectivity index (χ3v) is 5.84.